The quantitative estimate of drug-likeness (QED) is 0.526. The van der Waals surface area contributed by atoms with E-state index in [9.17, 15) is 13.2 Å². The Kier molecular flexibility index (Phi) is 7.15. The number of benzene rings is 1. The fraction of sp³-hybridized carbons (Fsp3) is 0.429. The van der Waals surface area contributed by atoms with E-state index in [2.05, 4.69) is 21.3 Å². The van der Waals surface area contributed by atoms with E-state index in [0.717, 1.165) is 11.3 Å². The van der Waals surface area contributed by atoms with Gasteiger partial charge in [0.15, 0.2) is 0 Å². The van der Waals surface area contributed by atoms with Crippen LogP contribution in [0.15, 0.2) is 40.6 Å². The van der Waals surface area contributed by atoms with Crippen LogP contribution in [0.5, 0.6) is 0 Å². The second-order valence-corrected chi connectivity index (χ2v) is 11.0. The lowest BCUT2D eigenvalue weighted by atomic mass is 10.2. The first kappa shape index (κ1) is 23.4. The molecule has 2 heterocycles. The number of amides is 1. The molecule has 0 aliphatic rings. The molecule has 0 spiro atoms. The Hall–Kier alpha value is -2.27. The summed E-state index contributed by atoms with van der Waals surface area (Å²) in [7, 11) is 5.36. The number of imidazole rings is 1. The van der Waals surface area contributed by atoms with E-state index in [-0.39, 0.29) is 16.8 Å². The van der Waals surface area contributed by atoms with Crippen LogP contribution in [0.25, 0.3) is 11.0 Å². The minimum Gasteiger partial charge on any atom is -0.354 e. The second-order valence-electron chi connectivity index (χ2n) is 7.82. The summed E-state index contributed by atoms with van der Waals surface area (Å²) in [6.07, 6.45) is 0.781. The van der Waals surface area contributed by atoms with Gasteiger partial charge in [0.2, 0.25) is 15.9 Å². The number of aryl methyl sites for hydroxylation is 2. The summed E-state index contributed by atoms with van der Waals surface area (Å²) >= 11 is 1.68. The molecule has 0 fully saturated rings. The molecule has 3 aromatic rings. The van der Waals surface area contributed by atoms with Crippen molar-refractivity contribution < 1.29 is 13.2 Å². The van der Waals surface area contributed by atoms with Crippen LogP contribution in [0.2, 0.25) is 0 Å². The van der Waals surface area contributed by atoms with Gasteiger partial charge < -0.3 is 14.8 Å². The number of nitrogens with zero attached hydrogens (tertiary/aromatic N) is 4. The number of hydrogen-bond acceptors (Lipinski definition) is 6. The number of likely N-dealkylation sites (N-methyl/N-ethyl adjacent to an activating group) is 1. The molecule has 31 heavy (non-hydrogen) atoms. The van der Waals surface area contributed by atoms with Gasteiger partial charge in [-0.2, -0.15) is 0 Å². The lowest BCUT2D eigenvalue weighted by molar-refractivity contribution is -0.121. The van der Waals surface area contributed by atoms with Crippen LogP contribution in [0.3, 0.4) is 0 Å². The summed E-state index contributed by atoms with van der Waals surface area (Å²) in [6.45, 7) is 0.542. The van der Waals surface area contributed by atoms with Crippen molar-refractivity contribution in [1.29, 1.82) is 0 Å². The third-order valence-corrected chi connectivity index (χ3v) is 8.07. The molecule has 1 unspecified atom stereocenters. The summed E-state index contributed by atoms with van der Waals surface area (Å²) in [6, 6.07) is 9.14. The Balaban J connectivity index is 1.66. The molecule has 2 aromatic heterocycles. The predicted octanol–water partition coefficient (Wildman–Crippen LogP) is 2.24. The number of rotatable bonds is 9. The smallest absolute Gasteiger partial charge is 0.242 e. The largest absolute Gasteiger partial charge is 0.354 e. The predicted molar refractivity (Wildman–Crippen MR) is 124 cm³/mol. The number of fused-ring (bicyclic) bond motifs is 1. The second kappa shape index (κ2) is 9.47. The lowest BCUT2D eigenvalue weighted by Crippen LogP contribution is -2.34. The number of hydrogen-bond donors (Lipinski definition) is 1. The summed E-state index contributed by atoms with van der Waals surface area (Å²) in [5.74, 6) is 0.707. The maximum atomic E-state index is 12.5. The first-order chi connectivity index (χ1) is 14.6. The van der Waals surface area contributed by atoms with E-state index in [0.29, 0.717) is 24.9 Å². The van der Waals surface area contributed by atoms with Crippen molar-refractivity contribution >= 4 is 38.3 Å². The highest BCUT2D eigenvalue weighted by atomic mass is 32.2. The van der Waals surface area contributed by atoms with Crippen LogP contribution in [0.1, 0.15) is 23.2 Å². The first-order valence-electron chi connectivity index (χ1n) is 9.95. The van der Waals surface area contributed by atoms with Crippen LogP contribution < -0.4 is 5.32 Å². The van der Waals surface area contributed by atoms with E-state index in [1.165, 1.54) is 23.3 Å². The van der Waals surface area contributed by atoms with Crippen LogP contribution in [0, 0.1) is 0 Å². The highest BCUT2D eigenvalue weighted by Gasteiger charge is 2.20. The van der Waals surface area contributed by atoms with Crippen molar-refractivity contribution in [2.75, 3.05) is 34.7 Å². The van der Waals surface area contributed by atoms with Gasteiger partial charge in [-0.25, -0.2) is 17.7 Å². The van der Waals surface area contributed by atoms with Crippen molar-refractivity contribution in [3.05, 3.63) is 46.4 Å². The van der Waals surface area contributed by atoms with E-state index in [1.54, 1.807) is 29.5 Å². The number of sulfonamides is 1. The standard InChI is InChI=1S/C21H29N5O3S2/c1-24(2)18(19-7-6-12-30-19)14-22-21(27)11-10-20-23-16-13-15(31(28,29)25(3)4)8-9-17(16)26(20)5/h6-9,12-13,18H,10-11,14H2,1-5H3,(H,22,27). The highest BCUT2D eigenvalue weighted by Crippen LogP contribution is 2.23. The molecular formula is C21H29N5O3S2. The van der Waals surface area contributed by atoms with Crippen LogP contribution in [0.4, 0.5) is 0 Å². The number of nitrogens with one attached hydrogen (secondary N) is 1. The van der Waals surface area contributed by atoms with Crippen molar-refractivity contribution in [1.82, 2.24) is 24.1 Å². The molecule has 1 aromatic carbocycles. The number of carbonyl (C=O) groups is 1. The first-order valence-corrected chi connectivity index (χ1v) is 12.3. The van der Waals surface area contributed by atoms with E-state index < -0.39 is 10.0 Å². The van der Waals surface area contributed by atoms with Gasteiger partial charge >= 0.3 is 0 Å². The highest BCUT2D eigenvalue weighted by molar-refractivity contribution is 7.89. The molecule has 3 rings (SSSR count). The Bertz CT molecular complexity index is 1150. The van der Waals surface area contributed by atoms with Gasteiger partial charge in [-0.15, -0.1) is 11.3 Å². The third kappa shape index (κ3) is 5.15. The molecule has 0 saturated heterocycles. The summed E-state index contributed by atoms with van der Waals surface area (Å²) < 4.78 is 27.8. The van der Waals surface area contributed by atoms with E-state index in [4.69, 9.17) is 0 Å². The van der Waals surface area contributed by atoms with Crippen molar-refractivity contribution in [2.24, 2.45) is 7.05 Å². The van der Waals surface area contributed by atoms with Gasteiger partial charge in [-0.05, 0) is 43.7 Å². The maximum absolute atomic E-state index is 12.5. The maximum Gasteiger partial charge on any atom is 0.242 e. The summed E-state index contributed by atoms with van der Waals surface area (Å²) in [5.41, 5.74) is 1.43. The topological polar surface area (TPSA) is 87.5 Å². The minimum absolute atomic E-state index is 0.0358. The molecular weight excluding hydrogens is 434 g/mol. The molecule has 0 aliphatic carbocycles. The Morgan fingerprint density at radius 2 is 1.97 bits per heavy atom. The van der Waals surface area contributed by atoms with Gasteiger partial charge in [0, 0.05) is 45.4 Å². The Labute approximate surface area is 187 Å². The molecule has 0 bridgehead atoms. The zero-order chi connectivity index (χ0) is 22.8. The molecule has 10 heteroatoms. The van der Waals surface area contributed by atoms with Crippen LogP contribution >= 0.6 is 11.3 Å². The number of carbonyl (C=O) groups excluding carboxylic acids is 1. The minimum atomic E-state index is -3.52. The molecule has 0 radical (unpaired) electrons. The van der Waals surface area contributed by atoms with E-state index >= 15 is 0 Å². The Morgan fingerprint density at radius 3 is 2.58 bits per heavy atom. The monoisotopic (exact) mass is 463 g/mol. The lowest BCUT2D eigenvalue weighted by Gasteiger charge is -2.23. The fourth-order valence-corrected chi connectivity index (χ4v) is 5.21. The molecule has 8 nitrogen and oxygen atoms in total. The molecule has 1 atom stereocenters. The zero-order valence-electron chi connectivity index (χ0n) is 18.5. The van der Waals surface area contributed by atoms with Crippen molar-refractivity contribution in [2.45, 2.75) is 23.8 Å². The normalized spacial score (nSPS) is 13.3. The van der Waals surface area contributed by atoms with Crippen molar-refractivity contribution in [3.63, 3.8) is 0 Å². The zero-order valence-corrected chi connectivity index (χ0v) is 20.1. The third-order valence-electron chi connectivity index (χ3n) is 5.29. The number of aromatic nitrogens is 2. The van der Waals surface area contributed by atoms with Gasteiger partial charge in [-0.3, -0.25) is 4.79 Å². The van der Waals surface area contributed by atoms with Gasteiger partial charge in [0.1, 0.15) is 5.82 Å². The average Bonchev–Trinajstić information content (AvgIpc) is 3.34. The number of thiophene rings is 1. The SMILES string of the molecule is CN(C)C(CNC(=O)CCc1nc2cc(S(=O)(=O)N(C)C)ccc2n1C)c1cccs1. The molecule has 0 saturated carbocycles. The van der Waals surface area contributed by atoms with E-state index in [1.807, 2.05) is 37.2 Å². The summed E-state index contributed by atoms with van der Waals surface area (Å²) in [4.78, 5) is 20.5. The van der Waals surface area contributed by atoms with Gasteiger partial charge in [0.25, 0.3) is 0 Å². The molecule has 1 amide bonds. The fourth-order valence-electron chi connectivity index (χ4n) is 3.37. The Morgan fingerprint density at radius 1 is 1.23 bits per heavy atom. The summed E-state index contributed by atoms with van der Waals surface area (Å²) in [5, 5.41) is 5.06. The van der Waals surface area contributed by atoms with Gasteiger partial charge in [0.05, 0.1) is 22.0 Å². The van der Waals surface area contributed by atoms with Crippen LogP contribution in [-0.4, -0.2) is 67.8 Å². The molecule has 168 valence electrons. The molecule has 1 N–H and O–H groups in total. The van der Waals surface area contributed by atoms with Crippen LogP contribution in [-0.2, 0) is 28.3 Å². The molecule has 0 aliphatic heterocycles. The van der Waals surface area contributed by atoms with Crippen molar-refractivity contribution in [3.8, 4) is 0 Å². The average molecular weight is 464 g/mol. The van der Waals surface area contributed by atoms with Gasteiger partial charge in [-0.1, -0.05) is 6.07 Å².